The van der Waals surface area contributed by atoms with Crippen LogP contribution in [0.25, 0.3) is 0 Å². The predicted octanol–water partition coefficient (Wildman–Crippen LogP) is 4.16. The number of rotatable bonds is 11. The van der Waals surface area contributed by atoms with Crippen LogP contribution in [0, 0.1) is 29.6 Å². The lowest BCUT2D eigenvalue weighted by Gasteiger charge is -2.43. The quantitative estimate of drug-likeness (QED) is 0.246. The van der Waals surface area contributed by atoms with Crippen molar-refractivity contribution in [3.63, 3.8) is 0 Å². The molecule has 12 amide bonds. The SMILES string of the molecule is CC[C@H](C)[C@@H]1NC(=O)[C@H](CC(C)C)N(C)C(=O)C[C@@H](C(=O)N2CCCCC2)N(C)C(=O)[C@H](C2CCCCC2)N(C)C(=O)C2(CCCC2)NC(=O)[C@@H]2CCCN2C(=O)[C@H](CCC2CCC(C(F)(F)F)C(Cl)C2)NC(=O)CN(C)C(=O)[C@H](COC)N(C)C(=O)CN(C)C(=O)CN(C)C1=O. The molecule has 548 valence electrons. The number of carbonyl (C=O) groups excluding carboxylic acids is 12. The van der Waals surface area contributed by atoms with E-state index in [4.69, 9.17) is 16.3 Å². The molecule has 11 atom stereocenters. The van der Waals surface area contributed by atoms with Gasteiger partial charge in [-0.25, -0.2) is 0 Å². The molecule has 3 saturated heterocycles. The molecule has 6 rings (SSSR count). The lowest BCUT2D eigenvalue weighted by Crippen LogP contribution is -2.65. The van der Waals surface area contributed by atoms with Crippen molar-refractivity contribution < 1.29 is 75.4 Å². The summed E-state index contributed by atoms with van der Waals surface area (Å²) in [5.41, 5.74) is -1.56. The van der Waals surface area contributed by atoms with Crippen LogP contribution in [0.1, 0.15) is 169 Å². The number of likely N-dealkylation sites (N-methyl/N-ethyl adjacent to an activating group) is 7. The molecule has 3 saturated carbocycles. The largest absolute Gasteiger partial charge is 0.393 e. The number of halogens is 4. The van der Waals surface area contributed by atoms with Gasteiger partial charge in [0.25, 0.3) is 0 Å². The van der Waals surface area contributed by atoms with Gasteiger partial charge in [0.05, 0.1) is 38.6 Å². The number of alkyl halides is 4. The van der Waals surface area contributed by atoms with Crippen LogP contribution in [-0.2, 0) is 62.3 Å². The van der Waals surface area contributed by atoms with Crippen molar-refractivity contribution in [1.29, 1.82) is 0 Å². The molecule has 0 bridgehead atoms. The summed E-state index contributed by atoms with van der Waals surface area (Å²) in [5.74, 6) is -11.1. The molecule has 29 heteroatoms. The lowest BCUT2D eigenvalue weighted by atomic mass is 9.78. The topological polar surface area (TPSA) is 279 Å². The first-order valence-electron chi connectivity index (χ1n) is 35.2. The molecule has 3 unspecified atom stereocenters. The van der Waals surface area contributed by atoms with E-state index in [0.29, 0.717) is 64.5 Å². The second-order valence-electron chi connectivity index (χ2n) is 29.0. The Labute approximate surface area is 575 Å². The zero-order valence-electron chi connectivity index (χ0n) is 59.4. The summed E-state index contributed by atoms with van der Waals surface area (Å²) < 4.78 is 47.2. The maximum absolute atomic E-state index is 15.8. The van der Waals surface area contributed by atoms with Gasteiger partial charge < -0.3 is 64.8 Å². The highest BCUT2D eigenvalue weighted by atomic mass is 35.5. The zero-order valence-corrected chi connectivity index (χ0v) is 60.1. The summed E-state index contributed by atoms with van der Waals surface area (Å²) in [7, 11) is 11.0. The van der Waals surface area contributed by atoms with Crippen molar-refractivity contribution in [3.05, 3.63) is 0 Å². The molecule has 3 N–H and O–H groups in total. The third-order valence-electron chi connectivity index (χ3n) is 21.5. The fourth-order valence-corrected chi connectivity index (χ4v) is 15.7. The Morgan fingerprint density at radius 3 is 1.84 bits per heavy atom. The third kappa shape index (κ3) is 20.2. The average molecular weight is 1400 g/mol. The maximum Gasteiger partial charge on any atom is 0.393 e. The van der Waals surface area contributed by atoms with Crippen molar-refractivity contribution in [3.8, 4) is 0 Å². The second kappa shape index (κ2) is 35.6. The molecular weight excluding hydrogens is 1290 g/mol. The van der Waals surface area contributed by atoms with E-state index in [1.54, 1.807) is 11.8 Å². The molecule has 3 aliphatic heterocycles. The Balaban J connectivity index is 1.41. The van der Waals surface area contributed by atoms with Crippen LogP contribution >= 0.6 is 11.6 Å². The monoisotopic (exact) mass is 1390 g/mol. The minimum Gasteiger partial charge on any atom is -0.382 e. The van der Waals surface area contributed by atoms with Gasteiger partial charge in [-0.05, 0) is 120 Å². The molecule has 0 aromatic rings. The first-order chi connectivity index (χ1) is 45.7. The van der Waals surface area contributed by atoms with Crippen LogP contribution in [0.2, 0.25) is 0 Å². The van der Waals surface area contributed by atoms with E-state index < -0.39 is 174 Å². The lowest BCUT2D eigenvalue weighted by molar-refractivity contribution is -0.182. The molecule has 3 aliphatic carbocycles. The summed E-state index contributed by atoms with van der Waals surface area (Å²) in [6.07, 6.45) is 3.10. The van der Waals surface area contributed by atoms with Crippen LogP contribution in [-0.4, -0.2) is 277 Å². The van der Waals surface area contributed by atoms with E-state index >= 15 is 28.8 Å². The van der Waals surface area contributed by atoms with Crippen LogP contribution in [0.3, 0.4) is 0 Å². The highest BCUT2D eigenvalue weighted by molar-refractivity contribution is 6.21. The number of piperidine rings is 1. The Bertz CT molecular complexity index is 2800. The van der Waals surface area contributed by atoms with E-state index in [-0.39, 0.29) is 82.8 Å². The summed E-state index contributed by atoms with van der Waals surface area (Å²) in [5, 5.41) is 7.50. The molecule has 97 heavy (non-hydrogen) atoms. The van der Waals surface area contributed by atoms with E-state index in [2.05, 4.69) is 16.0 Å². The number of carbonyl (C=O) groups is 12. The average Bonchev–Trinajstić information content (AvgIpc) is 1.77. The minimum absolute atomic E-state index is 0.0123. The minimum atomic E-state index is -4.51. The molecule has 25 nitrogen and oxygen atoms in total. The number of nitrogens with zero attached hydrogens (tertiary/aromatic N) is 9. The number of amides is 12. The number of ether oxygens (including phenoxy) is 1. The fraction of sp³-hybridized carbons (Fsp3) is 0.824. The summed E-state index contributed by atoms with van der Waals surface area (Å²) in [4.78, 5) is 189. The van der Waals surface area contributed by atoms with Crippen molar-refractivity contribution >= 4 is 82.5 Å². The normalized spacial score (nSPS) is 29.5. The fourth-order valence-electron chi connectivity index (χ4n) is 15.2. The number of nitrogens with one attached hydrogen (secondary N) is 3. The van der Waals surface area contributed by atoms with Gasteiger partial charge in [-0.2, -0.15) is 13.2 Å². The predicted molar refractivity (Wildman–Crippen MR) is 355 cm³/mol. The van der Waals surface area contributed by atoms with Gasteiger partial charge in [-0.15, -0.1) is 11.6 Å². The molecule has 0 radical (unpaired) electrons. The highest BCUT2D eigenvalue weighted by Crippen LogP contribution is 2.44. The van der Waals surface area contributed by atoms with Crippen molar-refractivity contribution in [1.82, 2.24) is 60.0 Å². The highest BCUT2D eigenvalue weighted by Gasteiger charge is 2.52. The second-order valence-corrected chi connectivity index (χ2v) is 29.5. The number of fused-ring (bicyclic) bond motifs is 1. The number of hydrogen-bond acceptors (Lipinski definition) is 13. The number of methoxy groups -OCH3 is 1. The first-order valence-corrected chi connectivity index (χ1v) is 35.6. The van der Waals surface area contributed by atoms with Gasteiger partial charge >= 0.3 is 6.18 Å². The molecule has 0 aromatic heterocycles. The summed E-state index contributed by atoms with van der Waals surface area (Å²) >= 11 is 6.36. The Morgan fingerprint density at radius 1 is 0.629 bits per heavy atom. The molecule has 0 aromatic carbocycles. The smallest absolute Gasteiger partial charge is 0.382 e. The molecule has 3 heterocycles. The van der Waals surface area contributed by atoms with E-state index in [1.165, 1.54) is 76.0 Å². The zero-order chi connectivity index (χ0) is 72.0. The molecule has 6 fully saturated rings. The van der Waals surface area contributed by atoms with E-state index in [9.17, 15) is 41.9 Å². The van der Waals surface area contributed by atoms with Crippen LogP contribution in [0.4, 0.5) is 13.2 Å². The van der Waals surface area contributed by atoms with Gasteiger partial charge in [0.2, 0.25) is 70.9 Å². The molecule has 6 aliphatic rings. The van der Waals surface area contributed by atoms with Crippen LogP contribution < -0.4 is 16.0 Å². The van der Waals surface area contributed by atoms with Crippen molar-refractivity contribution in [2.45, 2.75) is 228 Å². The number of hydrogen-bond donors (Lipinski definition) is 3. The maximum atomic E-state index is 15.8. The van der Waals surface area contributed by atoms with Crippen LogP contribution in [0.15, 0.2) is 0 Å². The first kappa shape index (κ1) is 79.7. The van der Waals surface area contributed by atoms with Gasteiger partial charge in [-0.1, -0.05) is 66.2 Å². The van der Waals surface area contributed by atoms with Crippen LogP contribution in [0.5, 0.6) is 0 Å². The summed E-state index contributed by atoms with van der Waals surface area (Å²) in [6.45, 7) is 5.97. The molecular formula is C68H110ClF3N12O13. The number of likely N-dealkylation sites (tertiary alicyclic amines) is 1. The van der Waals surface area contributed by atoms with Crippen molar-refractivity contribution in [2.75, 3.05) is 102 Å². The van der Waals surface area contributed by atoms with Crippen molar-refractivity contribution in [2.24, 2.45) is 29.6 Å². The Hall–Kier alpha value is -6.32. The third-order valence-corrected chi connectivity index (χ3v) is 22.0. The Kier molecular flexibility index (Phi) is 29.3. The van der Waals surface area contributed by atoms with E-state index in [0.717, 1.165) is 45.3 Å². The van der Waals surface area contributed by atoms with E-state index in [1.807, 2.05) is 20.8 Å². The van der Waals surface area contributed by atoms with Gasteiger partial charge in [0.15, 0.2) is 0 Å². The van der Waals surface area contributed by atoms with Gasteiger partial charge in [0.1, 0.15) is 47.8 Å². The molecule has 1 spiro atoms. The summed E-state index contributed by atoms with van der Waals surface area (Å²) in [6, 6.07) is -8.83. The standard InChI is InChI=1S/C68H110ClF3N12O13/c1-13-43(4)57-64(94)78(7)39-55(87)76(5)40-56(88)80(9)52(41-97-12)62(92)77(6)38-53(85)73-48(29-27-44-26-28-46(47(69)36-44)68(70,71)72)61(91)84-34-22-25-49(84)60(90)75-67(30-18-19-31-67)66(96)82(11)58(45-23-16-14-17-24-45)65(95)81(10)51(63(93)83-32-20-15-21-33-83)37-54(86)79(8)50(35-42(2)3)59(89)74-57/h42-52,57-58H,13-41H2,1-12H3,(H,73,85)(H,74,89)(H,75,90)/t43-,44?,46?,47?,48-,49-,50-,51-,52-,57-,58-/m0/s1. The van der Waals surface area contributed by atoms with Gasteiger partial charge in [-0.3, -0.25) is 57.5 Å². The van der Waals surface area contributed by atoms with Gasteiger partial charge in [0, 0.05) is 81.5 Å². The Morgan fingerprint density at radius 2 is 1.24 bits per heavy atom.